The van der Waals surface area contributed by atoms with Crippen molar-refractivity contribution in [3.63, 3.8) is 0 Å². The molecule has 2 rings (SSSR count). The van der Waals surface area contributed by atoms with Crippen molar-refractivity contribution in [2.24, 2.45) is 11.8 Å². The van der Waals surface area contributed by atoms with Gasteiger partial charge in [-0.15, -0.1) is 12.3 Å². The van der Waals surface area contributed by atoms with Gasteiger partial charge in [-0.3, -0.25) is 0 Å². The third kappa shape index (κ3) is 4.15. The van der Waals surface area contributed by atoms with Gasteiger partial charge in [-0.05, 0) is 62.9 Å². The van der Waals surface area contributed by atoms with Crippen molar-refractivity contribution < 1.29 is 0 Å². The molecule has 1 nitrogen and oxygen atoms in total. The van der Waals surface area contributed by atoms with Crippen molar-refractivity contribution in [3.05, 3.63) is 42.8 Å². The zero-order valence-corrected chi connectivity index (χ0v) is 12.7. The summed E-state index contributed by atoms with van der Waals surface area (Å²) in [4.78, 5) is 0. The van der Waals surface area contributed by atoms with Crippen molar-refractivity contribution in [1.29, 1.82) is 0 Å². The van der Waals surface area contributed by atoms with Gasteiger partial charge in [-0.1, -0.05) is 31.6 Å². The van der Waals surface area contributed by atoms with Crippen molar-refractivity contribution >= 4 is 0 Å². The highest BCUT2D eigenvalue weighted by Crippen LogP contribution is 2.38. The molecule has 1 saturated carbocycles. The van der Waals surface area contributed by atoms with Crippen LogP contribution in [0.1, 0.15) is 57.8 Å². The third-order valence-corrected chi connectivity index (χ3v) is 4.91. The quantitative estimate of drug-likeness (QED) is 0.385. The summed E-state index contributed by atoms with van der Waals surface area (Å²) in [5.74, 6) is 1.79. The lowest BCUT2D eigenvalue weighted by Gasteiger charge is -2.42. The second kappa shape index (κ2) is 8.17. The Labute approximate surface area is 124 Å². The molecule has 0 saturated heterocycles. The minimum Gasteiger partial charge on any atom is -0.386 e. The highest BCUT2D eigenvalue weighted by molar-refractivity contribution is 5.10. The van der Waals surface area contributed by atoms with E-state index in [2.05, 4.69) is 36.4 Å². The molecule has 0 spiro atoms. The molecule has 0 bridgehead atoms. The fraction of sp³-hybridized carbons (Fsp3) is 0.632. The predicted molar refractivity (Wildman–Crippen MR) is 87.4 cm³/mol. The zero-order chi connectivity index (χ0) is 14.2. The fourth-order valence-electron chi connectivity index (χ4n) is 3.85. The molecule has 2 aliphatic rings. The Kier molecular flexibility index (Phi) is 6.21. The number of hydrogen-bond donors (Lipinski definition) is 1. The third-order valence-electron chi connectivity index (χ3n) is 4.91. The first-order valence-electron chi connectivity index (χ1n) is 8.26. The van der Waals surface area contributed by atoms with E-state index in [1.165, 1.54) is 50.6 Å². The van der Waals surface area contributed by atoms with Crippen LogP contribution in [0.2, 0.25) is 0 Å². The van der Waals surface area contributed by atoms with Crippen molar-refractivity contribution in [1.82, 2.24) is 5.32 Å². The van der Waals surface area contributed by atoms with Crippen LogP contribution in [0.4, 0.5) is 0 Å². The van der Waals surface area contributed by atoms with E-state index in [0.717, 1.165) is 30.7 Å². The molecule has 110 valence electrons. The van der Waals surface area contributed by atoms with Crippen molar-refractivity contribution in [2.45, 2.75) is 63.8 Å². The maximum Gasteiger partial charge on any atom is 0.0291 e. The number of rotatable bonds is 7. The molecule has 1 heteroatoms. The van der Waals surface area contributed by atoms with E-state index in [0.29, 0.717) is 0 Å². The van der Waals surface area contributed by atoms with Crippen LogP contribution in [0.3, 0.4) is 0 Å². The Morgan fingerprint density at radius 1 is 1.35 bits per heavy atom. The van der Waals surface area contributed by atoms with Gasteiger partial charge in [0.05, 0.1) is 0 Å². The molecule has 1 N–H and O–H groups in total. The van der Waals surface area contributed by atoms with Crippen LogP contribution in [0.15, 0.2) is 42.8 Å². The molecule has 20 heavy (non-hydrogen) atoms. The van der Waals surface area contributed by atoms with Crippen LogP contribution >= 0.6 is 0 Å². The van der Waals surface area contributed by atoms with Crippen molar-refractivity contribution in [2.75, 3.05) is 0 Å². The van der Waals surface area contributed by atoms with Gasteiger partial charge in [0.2, 0.25) is 0 Å². The maximum atomic E-state index is 3.84. The summed E-state index contributed by atoms with van der Waals surface area (Å²) in [5, 5.41) is 3.81. The monoisotopic (exact) mass is 271 g/mol. The highest BCUT2D eigenvalue weighted by atomic mass is 14.9. The second-order valence-electron chi connectivity index (χ2n) is 6.24. The van der Waals surface area contributed by atoms with Crippen LogP contribution in [0.25, 0.3) is 0 Å². The average molecular weight is 271 g/mol. The van der Waals surface area contributed by atoms with Gasteiger partial charge in [0.25, 0.3) is 0 Å². The van der Waals surface area contributed by atoms with E-state index in [-0.39, 0.29) is 0 Å². The number of hydrogen-bond acceptors (Lipinski definition) is 1. The first-order valence-corrected chi connectivity index (χ1v) is 8.26. The van der Waals surface area contributed by atoms with Crippen LogP contribution in [-0.4, -0.2) is 6.04 Å². The molecule has 3 atom stereocenters. The largest absolute Gasteiger partial charge is 0.386 e. The molecule has 0 amide bonds. The van der Waals surface area contributed by atoms with Gasteiger partial charge in [-0.25, -0.2) is 0 Å². The van der Waals surface area contributed by atoms with E-state index in [9.17, 15) is 0 Å². The standard InChI is InChI=1S/C19H29N/c1-3-5-7-10-16-11-9-13-19-18(16)15-14-17(20-19)12-8-6-4-2/h3,6,14,16,18-20H,1-2,5,7-13,15H2/t16-,18+,19+/m1/s1. The number of nitrogens with one attached hydrogen (secondary N) is 1. The molecular weight excluding hydrogens is 242 g/mol. The van der Waals surface area contributed by atoms with E-state index < -0.39 is 0 Å². The zero-order valence-electron chi connectivity index (χ0n) is 12.7. The van der Waals surface area contributed by atoms with Gasteiger partial charge >= 0.3 is 0 Å². The Morgan fingerprint density at radius 2 is 2.25 bits per heavy atom. The van der Waals surface area contributed by atoms with E-state index in [1.807, 2.05) is 6.08 Å². The molecule has 0 radical (unpaired) electrons. The summed E-state index contributed by atoms with van der Waals surface area (Å²) in [6, 6.07) is 0.727. The molecule has 0 aromatic carbocycles. The minimum absolute atomic E-state index is 0.727. The maximum absolute atomic E-state index is 3.84. The summed E-state index contributed by atoms with van der Waals surface area (Å²) in [6.07, 6.45) is 18.1. The van der Waals surface area contributed by atoms with E-state index in [4.69, 9.17) is 0 Å². The highest BCUT2D eigenvalue weighted by Gasteiger charge is 2.34. The summed E-state index contributed by atoms with van der Waals surface area (Å²) in [5.41, 5.74) is 4.31. The Hall–Kier alpha value is -1.20. The van der Waals surface area contributed by atoms with Gasteiger partial charge in [0.1, 0.15) is 0 Å². The lowest BCUT2D eigenvalue weighted by Crippen LogP contribution is -2.44. The minimum atomic E-state index is 0.727. The molecule has 1 aliphatic heterocycles. The lowest BCUT2D eigenvalue weighted by molar-refractivity contribution is 0.164. The smallest absolute Gasteiger partial charge is 0.0291 e. The molecule has 1 aliphatic carbocycles. The normalized spacial score (nSPS) is 28.6. The fourth-order valence-corrected chi connectivity index (χ4v) is 3.85. The molecule has 1 fully saturated rings. The van der Waals surface area contributed by atoms with Gasteiger partial charge in [0.15, 0.2) is 0 Å². The SMILES string of the molecule is C=C=CCCC1=CC[C@H]2[C@H](CCCC=C)CCC[C@@H]2N1. The number of allylic oxidation sites excluding steroid dienone is 4. The van der Waals surface area contributed by atoms with Crippen molar-refractivity contribution in [3.8, 4) is 0 Å². The van der Waals surface area contributed by atoms with Gasteiger partial charge in [-0.2, -0.15) is 0 Å². The van der Waals surface area contributed by atoms with Crippen LogP contribution in [0, 0.1) is 11.8 Å². The summed E-state index contributed by atoms with van der Waals surface area (Å²) in [6.45, 7) is 7.46. The predicted octanol–water partition coefficient (Wildman–Crippen LogP) is 5.13. The molecule has 0 aromatic rings. The summed E-state index contributed by atoms with van der Waals surface area (Å²) in [7, 11) is 0. The first-order chi connectivity index (χ1) is 9.85. The van der Waals surface area contributed by atoms with E-state index >= 15 is 0 Å². The number of unbranched alkanes of at least 4 members (excludes halogenated alkanes) is 1. The summed E-state index contributed by atoms with van der Waals surface area (Å²) < 4.78 is 0. The Balaban J connectivity index is 1.87. The first kappa shape index (κ1) is 15.2. The van der Waals surface area contributed by atoms with E-state index in [1.54, 1.807) is 0 Å². The van der Waals surface area contributed by atoms with Gasteiger partial charge < -0.3 is 5.32 Å². The molecule has 1 heterocycles. The molecule has 0 aromatic heterocycles. The van der Waals surface area contributed by atoms with Crippen LogP contribution in [-0.2, 0) is 0 Å². The Bertz CT molecular complexity index is 387. The van der Waals surface area contributed by atoms with Crippen LogP contribution < -0.4 is 5.32 Å². The Morgan fingerprint density at radius 3 is 3.05 bits per heavy atom. The number of fused-ring (bicyclic) bond motifs is 1. The topological polar surface area (TPSA) is 12.0 Å². The summed E-state index contributed by atoms with van der Waals surface area (Å²) >= 11 is 0. The second-order valence-corrected chi connectivity index (χ2v) is 6.24. The van der Waals surface area contributed by atoms with Crippen LogP contribution in [0.5, 0.6) is 0 Å². The molecule has 0 unspecified atom stereocenters. The van der Waals surface area contributed by atoms with Gasteiger partial charge in [0, 0.05) is 11.7 Å². The average Bonchev–Trinajstić information content (AvgIpc) is 2.48. The lowest BCUT2D eigenvalue weighted by atomic mass is 9.70. The molecular formula is C19H29N.